The fourth-order valence-electron chi connectivity index (χ4n) is 3.26. The van der Waals surface area contributed by atoms with Crippen LogP contribution in [0.25, 0.3) is 11.0 Å². The van der Waals surface area contributed by atoms with Gasteiger partial charge in [0.15, 0.2) is 0 Å². The molecular formula is C16H20N4O3. The quantitative estimate of drug-likeness (QED) is 0.928. The van der Waals surface area contributed by atoms with Gasteiger partial charge in [-0.1, -0.05) is 19.1 Å². The molecule has 1 aliphatic rings. The first-order chi connectivity index (χ1) is 10.8. The Labute approximate surface area is 133 Å². The van der Waals surface area contributed by atoms with Crippen LogP contribution >= 0.6 is 0 Å². The number of hydrogen-bond donors (Lipinski definition) is 1. The molecule has 1 fully saturated rings. The van der Waals surface area contributed by atoms with Gasteiger partial charge in [0.25, 0.3) is 5.91 Å². The molecule has 23 heavy (non-hydrogen) atoms. The number of aromatic nitrogens is 3. The second-order valence-electron chi connectivity index (χ2n) is 6.51. The summed E-state index contributed by atoms with van der Waals surface area (Å²) in [6.45, 7) is 4.50. The van der Waals surface area contributed by atoms with E-state index in [0.717, 1.165) is 5.52 Å². The SMILES string of the molecule is CC(C)C1(C(=O)O)CCN(C(=O)c2ccc3c(c2)nnn3C)C1. The van der Waals surface area contributed by atoms with E-state index in [4.69, 9.17) is 0 Å². The highest BCUT2D eigenvalue weighted by Gasteiger charge is 2.48. The summed E-state index contributed by atoms with van der Waals surface area (Å²) in [6, 6.07) is 5.26. The van der Waals surface area contributed by atoms with Crippen LogP contribution in [0.4, 0.5) is 0 Å². The largest absolute Gasteiger partial charge is 0.481 e. The minimum atomic E-state index is -0.855. The first kappa shape index (κ1) is 15.5. The fraction of sp³-hybridized carbons (Fsp3) is 0.500. The lowest BCUT2D eigenvalue weighted by atomic mass is 9.76. The summed E-state index contributed by atoms with van der Waals surface area (Å²) in [5.74, 6) is -1.01. The summed E-state index contributed by atoms with van der Waals surface area (Å²) in [7, 11) is 1.79. The number of hydrogen-bond acceptors (Lipinski definition) is 4. The van der Waals surface area contributed by atoms with Crippen LogP contribution in [0.3, 0.4) is 0 Å². The van der Waals surface area contributed by atoms with Crippen molar-refractivity contribution in [3.63, 3.8) is 0 Å². The van der Waals surface area contributed by atoms with Crippen LogP contribution in [0, 0.1) is 11.3 Å². The molecule has 1 aliphatic heterocycles. The molecule has 1 unspecified atom stereocenters. The molecular weight excluding hydrogens is 296 g/mol. The van der Waals surface area contributed by atoms with Crippen LogP contribution in [0.15, 0.2) is 18.2 Å². The molecule has 0 spiro atoms. The number of fused-ring (bicyclic) bond motifs is 1. The monoisotopic (exact) mass is 316 g/mol. The molecule has 0 bridgehead atoms. The highest BCUT2D eigenvalue weighted by atomic mass is 16.4. The standard InChI is InChI=1S/C16H20N4O3/c1-10(2)16(15(22)23)6-7-20(9-16)14(21)11-4-5-13-12(8-11)17-18-19(13)3/h4-5,8,10H,6-7,9H2,1-3H3,(H,22,23). The lowest BCUT2D eigenvalue weighted by Gasteiger charge is -2.28. The number of likely N-dealkylation sites (tertiary alicyclic amines) is 1. The van der Waals surface area contributed by atoms with E-state index in [1.807, 2.05) is 19.9 Å². The highest BCUT2D eigenvalue weighted by Crippen LogP contribution is 2.38. The van der Waals surface area contributed by atoms with Crippen LogP contribution in [-0.4, -0.2) is 50.0 Å². The molecule has 0 radical (unpaired) electrons. The minimum absolute atomic E-state index is 0.0275. The summed E-state index contributed by atoms with van der Waals surface area (Å²) in [5.41, 5.74) is 1.17. The Kier molecular flexibility index (Phi) is 3.58. The van der Waals surface area contributed by atoms with Gasteiger partial charge < -0.3 is 10.0 Å². The van der Waals surface area contributed by atoms with Crippen molar-refractivity contribution < 1.29 is 14.7 Å². The number of amides is 1. The summed E-state index contributed by atoms with van der Waals surface area (Å²) in [6.07, 6.45) is 0.485. The number of aliphatic carboxylic acids is 1. The number of rotatable bonds is 3. The van der Waals surface area contributed by atoms with Crippen molar-refractivity contribution in [3.05, 3.63) is 23.8 Å². The molecule has 1 aromatic carbocycles. The number of carbonyl (C=O) groups excluding carboxylic acids is 1. The predicted octanol–water partition coefficient (Wildman–Crippen LogP) is 1.54. The Bertz CT molecular complexity index is 783. The normalized spacial score (nSPS) is 21.3. The molecule has 7 heteroatoms. The molecule has 1 N–H and O–H groups in total. The van der Waals surface area contributed by atoms with E-state index in [2.05, 4.69) is 10.3 Å². The zero-order chi connectivity index (χ0) is 16.8. The maximum Gasteiger partial charge on any atom is 0.311 e. The summed E-state index contributed by atoms with van der Waals surface area (Å²) < 4.78 is 1.65. The Morgan fingerprint density at radius 3 is 2.70 bits per heavy atom. The van der Waals surface area contributed by atoms with Crippen LogP contribution in [0.2, 0.25) is 0 Å². The van der Waals surface area contributed by atoms with Crippen molar-refractivity contribution in [1.29, 1.82) is 0 Å². The Morgan fingerprint density at radius 2 is 2.09 bits per heavy atom. The summed E-state index contributed by atoms with van der Waals surface area (Å²) in [5, 5.41) is 17.5. The number of nitrogens with zero attached hydrogens (tertiary/aromatic N) is 4. The van der Waals surface area contributed by atoms with E-state index >= 15 is 0 Å². The molecule has 2 aromatic rings. The van der Waals surface area contributed by atoms with Crippen molar-refractivity contribution in [2.45, 2.75) is 20.3 Å². The van der Waals surface area contributed by atoms with E-state index in [9.17, 15) is 14.7 Å². The van der Waals surface area contributed by atoms with Gasteiger partial charge in [0, 0.05) is 25.7 Å². The predicted molar refractivity (Wildman–Crippen MR) is 83.9 cm³/mol. The van der Waals surface area contributed by atoms with E-state index < -0.39 is 11.4 Å². The molecule has 3 rings (SSSR count). The summed E-state index contributed by atoms with van der Waals surface area (Å²) >= 11 is 0. The van der Waals surface area contributed by atoms with Crippen molar-refractivity contribution in [2.24, 2.45) is 18.4 Å². The topological polar surface area (TPSA) is 88.3 Å². The minimum Gasteiger partial charge on any atom is -0.481 e. The number of carboxylic acids is 1. The average molecular weight is 316 g/mol. The molecule has 1 saturated heterocycles. The van der Waals surface area contributed by atoms with Crippen LogP contribution in [0.5, 0.6) is 0 Å². The van der Waals surface area contributed by atoms with Crippen molar-refractivity contribution in [3.8, 4) is 0 Å². The van der Waals surface area contributed by atoms with Gasteiger partial charge in [-0.2, -0.15) is 0 Å². The van der Waals surface area contributed by atoms with Gasteiger partial charge in [0.1, 0.15) is 5.52 Å². The van der Waals surface area contributed by atoms with Crippen LogP contribution in [0.1, 0.15) is 30.6 Å². The first-order valence-electron chi connectivity index (χ1n) is 7.67. The van der Waals surface area contributed by atoms with E-state index in [0.29, 0.717) is 24.0 Å². The van der Waals surface area contributed by atoms with Gasteiger partial charge in [-0.05, 0) is 30.5 Å². The number of benzene rings is 1. The molecule has 1 atom stereocenters. The lowest BCUT2D eigenvalue weighted by molar-refractivity contribution is -0.150. The first-order valence-corrected chi connectivity index (χ1v) is 7.67. The Morgan fingerprint density at radius 1 is 1.35 bits per heavy atom. The van der Waals surface area contributed by atoms with Crippen molar-refractivity contribution in [2.75, 3.05) is 13.1 Å². The Hall–Kier alpha value is -2.44. The smallest absolute Gasteiger partial charge is 0.311 e. The molecule has 0 aliphatic carbocycles. The van der Waals surface area contributed by atoms with Gasteiger partial charge in [-0.3, -0.25) is 9.59 Å². The second kappa shape index (κ2) is 5.33. The number of carboxylic acid groups (broad SMARTS) is 1. The van der Waals surface area contributed by atoms with Gasteiger partial charge >= 0.3 is 5.97 Å². The third kappa shape index (κ3) is 2.36. The van der Waals surface area contributed by atoms with E-state index in [1.165, 1.54) is 0 Å². The number of aryl methyl sites for hydroxylation is 1. The van der Waals surface area contributed by atoms with E-state index in [-0.39, 0.29) is 18.4 Å². The zero-order valence-corrected chi connectivity index (χ0v) is 13.5. The van der Waals surface area contributed by atoms with Crippen molar-refractivity contribution in [1.82, 2.24) is 19.9 Å². The van der Waals surface area contributed by atoms with E-state index in [1.54, 1.807) is 28.8 Å². The average Bonchev–Trinajstić information content (AvgIpc) is 3.12. The zero-order valence-electron chi connectivity index (χ0n) is 13.5. The third-order valence-corrected chi connectivity index (χ3v) is 4.98. The van der Waals surface area contributed by atoms with Gasteiger partial charge in [0.2, 0.25) is 0 Å². The maximum atomic E-state index is 12.7. The van der Waals surface area contributed by atoms with Crippen LogP contribution in [-0.2, 0) is 11.8 Å². The molecule has 122 valence electrons. The molecule has 1 amide bonds. The Balaban J connectivity index is 1.87. The second-order valence-corrected chi connectivity index (χ2v) is 6.51. The van der Waals surface area contributed by atoms with Gasteiger partial charge in [-0.15, -0.1) is 5.10 Å². The summed E-state index contributed by atoms with van der Waals surface area (Å²) in [4.78, 5) is 26.0. The van der Waals surface area contributed by atoms with Crippen molar-refractivity contribution >= 4 is 22.9 Å². The van der Waals surface area contributed by atoms with Gasteiger partial charge in [0.05, 0.1) is 10.9 Å². The third-order valence-electron chi connectivity index (χ3n) is 4.98. The lowest BCUT2D eigenvalue weighted by Crippen LogP contribution is -2.40. The fourth-order valence-corrected chi connectivity index (χ4v) is 3.26. The maximum absolute atomic E-state index is 12.7. The highest BCUT2D eigenvalue weighted by molar-refractivity contribution is 5.98. The molecule has 7 nitrogen and oxygen atoms in total. The number of carbonyl (C=O) groups is 2. The molecule has 2 heterocycles. The van der Waals surface area contributed by atoms with Gasteiger partial charge in [-0.25, -0.2) is 4.68 Å². The van der Waals surface area contributed by atoms with Crippen LogP contribution < -0.4 is 0 Å². The molecule has 0 saturated carbocycles. The molecule has 1 aromatic heterocycles.